The van der Waals surface area contributed by atoms with Gasteiger partial charge < -0.3 is 14.6 Å². The second-order valence-electron chi connectivity index (χ2n) is 8.58. The summed E-state index contributed by atoms with van der Waals surface area (Å²) in [6, 6.07) is 7.31. The van der Waals surface area contributed by atoms with Gasteiger partial charge in [-0.05, 0) is 31.2 Å². The van der Waals surface area contributed by atoms with E-state index in [1.807, 2.05) is 0 Å². The number of nitrogens with zero attached hydrogens (tertiary/aromatic N) is 5. The van der Waals surface area contributed by atoms with E-state index in [9.17, 15) is 23.1 Å². The van der Waals surface area contributed by atoms with Crippen LogP contribution in [0, 0.1) is 12.7 Å². The van der Waals surface area contributed by atoms with Crippen LogP contribution >= 0.6 is 0 Å². The Bertz CT molecular complexity index is 1540. The van der Waals surface area contributed by atoms with Crippen molar-refractivity contribution in [2.45, 2.75) is 25.8 Å². The van der Waals surface area contributed by atoms with Crippen molar-refractivity contribution in [3.8, 4) is 22.6 Å². The maximum atomic E-state index is 15.0. The molecular weight excluding hydrogens is 479 g/mol. The Balaban J connectivity index is 1.61. The van der Waals surface area contributed by atoms with Crippen molar-refractivity contribution in [3.63, 3.8) is 0 Å². The Morgan fingerprint density at radius 3 is 2.67 bits per heavy atom. The van der Waals surface area contributed by atoms with Crippen LogP contribution in [-0.4, -0.2) is 44.0 Å². The molecular formula is C24H18F3N5O4. The number of halogens is 3. The highest BCUT2D eigenvalue weighted by molar-refractivity contribution is 5.91. The lowest BCUT2D eigenvalue weighted by molar-refractivity contribution is 0.146. The van der Waals surface area contributed by atoms with E-state index in [1.165, 1.54) is 35.0 Å². The second kappa shape index (κ2) is 8.11. The van der Waals surface area contributed by atoms with Gasteiger partial charge in [-0.15, -0.1) is 10.2 Å². The molecule has 184 valence electrons. The van der Waals surface area contributed by atoms with Crippen LogP contribution in [-0.2, 0) is 6.54 Å². The van der Waals surface area contributed by atoms with Gasteiger partial charge in [-0.2, -0.15) is 0 Å². The van der Waals surface area contributed by atoms with E-state index in [2.05, 4.69) is 15.2 Å². The fraction of sp³-hybridized carbons (Fsp3) is 0.250. The number of amides is 1. The van der Waals surface area contributed by atoms with Gasteiger partial charge in [0.1, 0.15) is 23.6 Å². The van der Waals surface area contributed by atoms with Gasteiger partial charge in [-0.3, -0.25) is 14.3 Å². The van der Waals surface area contributed by atoms with E-state index in [0.717, 1.165) is 4.90 Å². The summed E-state index contributed by atoms with van der Waals surface area (Å²) in [5.41, 5.74) is 1.18. The maximum absolute atomic E-state index is 15.0. The van der Waals surface area contributed by atoms with Crippen LogP contribution in [0.2, 0.25) is 0 Å². The predicted octanol–water partition coefficient (Wildman–Crippen LogP) is 4.73. The van der Waals surface area contributed by atoms with Gasteiger partial charge in [-0.1, -0.05) is 6.07 Å². The topological polar surface area (TPSA) is 102 Å². The molecule has 0 saturated carbocycles. The normalized spacial score (nSPS) is 16.6. The number of anilines is 1. The number of benzene rings is 1. The third-order valence-electron chi connectivity index (χ3n) is 6.42. The fourth-order valence-electron chi connectivity index (χ4n) is 4.83. The monoisotopic (exact) mass is 497 g/mol. The van der Waals surface area contributed by atoms with Crippen LogP contribution in [0.1, 0.15) is 34.9 Å². The van der Waals surface area contributed by atoms with Crippen molar-refractivity contribution < 1.29 is 32.5 Å². The molecule has 0 radical (unpaired) electrons. The zero-order valence-corrected chi connectivity index (χ0v) is 18.8. The highest BCUT2D eigenvalue weighted by Crippen LogP contribution is 2.44. The molecule has 1 amide bonds. The Morgan fingerprint density at radius 2 is 1.92 bits per heavy atom. The summed E-state index contributed by atoms with van der Waals surface area (Å²) in [4.78, 5) is 17.4. The minimum atomic E-state index is -2.86. The van der Waals surface area contributed by atoms with Gasteiger partial charge in [0.05, 0.1) is 25.7 Å². The molecule has 9 nitrogen and oxygen atoms in total. The zero-order chi connectivity index (χ0) is 25.1. The number of aromatic nitrogens is 4. The van der Waals surface area contributed by atoms with Crippen molar-refractivity contribution >= 4 is 17.6 Å². The first-order valence-corrected chi connectivity index (χ1v) is 11.0. The van der Waals surface area contributed by atoms with Crippen LogP contribution in [0.15, 0.2) is 36.7 Å². The molecule has 3 aromatic heterocycles. The molecule has 5 heterocycles. The fourth-order valence-corrected chi connectivity index (χ4v) is 4.83. The number of rotatable bonds is 2. The molecule has 0 unspecified atom stereocenters. The molecule has 0 bridgehead atoms. The van der Waals surface area contributed by atoms with Gasteiger partial charge in [0.25, 0.3) is 6.43 Å². The lowest BCUT2D eigenvalue weighted by Gasteiger charge is -2.24. The summed E-state index contributed by atoms with van der Waals surface area (Å²) >= 11 is 0. The van der Waals surface area contributed by atoms with E-state index in [-0.39, 0.29) is 59.6 Å². The first-order valence-electron chi connectivity index (χ1n) is 11.0. The number of pyridine rings is 2. The van der Waals surface area contributed by atoms with Gasteiger partial charge in [-0.25, -0.2) is 18.0 Å². The van der Waals surface area contributed by atoms with Crippen molar-refractivity contribution in [1.29, 1.82) is 0 Å². The molecule has 1 aromatic carbocycles. The Labute approximate surface area is 201 Å². The molecule has 6 rings (SSSR count). The van der Waals surface area contributed by atoms with E-state index >= 15 is 0 Å². The van der Waals surface area contributed by atoms with Gasteiger partial charge in [0.2, 0.25) is 0 Å². The average Bonchev–Trinajstić information content (AvgIpc) is 3.50. The maximum Gasteiger partial charge on any atom is 0.413 e. The summed E-state index contributed by atoms with van der Waals surface area (Å²) in [5, 5.41) is 18.1. The van der Waals surface area contributed by atoms with E-state index in [0.29, 0.717) is 17.0 Å². The van der Waals surface area contributed by atoms with Crippen LogP contribution < -0.4 is 14.4 Å². The summed E-state index contributed by atoms with van der Waals surface area (Å²) in [6.07, 6.45) is -2.98. The van der Waals surface area contributed by atoms with E-state index in [4.69, 9.17) is 9.47 Å². The molecule has 2 aliphatic heterocycles. The first kappa shape index (κ1) is 22.1. The summed E-state index contributed by atoms with van der Waals surface area (Å²) in [6.45, 7) is 1.55. The van der Waals surface area contributed by atoms with E-state index < -0.39 is 24.0 Å². The van der Waals surface area contributed by atoms with Gasteiger partial charge in [0.15, 0.2) is 17.2 Å². The zero-order valence-electron chi connectivity index (χ0n) is 18.8. The third kappa shape index (κ3) is 3.32. The molecule has 0 aliphatic carbocycles. The molecule has 0 saturated heterocycles. The number of aryl methyl sites for hydroxylation is 1. The summed E-state index contributed by atoms with van der Waals surface area (Å²) in [7, 11) is 0. The van der Waals surface area contributed by atoms with Crippen LogP contribution in [0.25, 0.3) is 16.8 Å². The standard InChI is InChI=1S/C24H18F3N5O4/c1-11-2-3-13(20(29-11)21(26)27)14-6-18-23(32-10-28-30-22(14)32)31(24(33)34)7-15-16(25)4-5-17-19(15)12(8-35-17)9-36-18/h2-6,10,12,21H,7-9H2,1H3,(H,33,34)/t12-/m0/s1. The number of carbonyl (C=O) groups is 1. The molecule has 1 atom stereocenters. The third-order valence-corrected chi connectivity index (χ3v) is 6.42. The van der Waals surface area contributed by atoms with Crippen molar-refractivity contribution in [2.24, 2.45) is 0 Å². The Kier molecular flexibility index (Phi) is 4.99. The van der Waals surface area contributed by atoms with Crippen molar-refractivity contribution in [1.82, 2.24) is 19.6 Å². The van der Waals surface area contributed by atoms with E-state index in [1.54, 1.807) is 13.0 Å². The molecule has 4 aromatic rings. The Hall–Kier alpha value is -4.35. The highest BCUT2D eigenvalue weighted by Gasteiger charge is 2.35. The lowest BCUT2D eigenvalue weighted by atomic mass is 9.95. The second-order valence-corrected chi connectivity index (χ2v) is 8.58. The summed E-state index contributed by atoms with van der Waals surface area (Å²) < 4.78 is 55.9. The number of alkyl halides is 2. The average molecular weight is 497 g/mol. The minimum absolute atomic E-state index is 0.0304. The molecule has 36 heavy (non-hydrogen) atoms. The highest BCUT2D eigenvalue weighted by atomic mass is 19.3. The molecule has 12 heteroatoms. The molecule has 2 aliphatic rings. The number of hydrogen-bond donors (Lipinski definition) is 1. The van der Waals surface area contributed by atoms with Crippen molar-refractivity contribution in [3.05, 3.63) is 65.0 Å². The van der Waals surface area contributed by atoms with Crippen LogP contribution in [0.3, 0.4) is 0 Å². The predicted molar refractivity (Wildman–Crippen MR) is 120 cm³/mol. The summed E-state index contributed by atoms with van der Waals surface area (Å²) in [5.74, 6) is -0.336. The van der Waals surface area contributed by atoms with Crippen molar-refractivity contribution in [2.75, 3.05) is 18.1 Å². The van der Waals surface area contributed by atoms with Crippen LogP contribution in [0.5, 0.6) is 11.5 Å². The number of hydrogen-bond acceptors (Lipinski definition) is 6. The molecule has 0 spiro atoms. The number of carboxylic acid groups (broad SMARTS) is 1. The lowest BCUT2D eigenvalue weighted by Crippen LogP contribution is -2.31. The smallest absolute Gasteiger partial charge is 0.413 e. The number of ether oxygens (including phenoxy) is 2. The SMILES string of the molecule is Cc1ccc(-c2cc3c(n4cnnc24)N(C(=O)O)Cc2c(F)ccc4c2[C@@H](CO4)CO3)c(C(F)F)n1. The molecule has 1 N–H and O–H groups in total. The van der Waals surface area contributed by atoms with Gasteiger partial charge in [0, 0.05) is 27.9 Å². The quantitative estimate of drug-likeness (QED) is 0.427. The van der Waals surface area contributed by atoms with Gasteiger partial charge >= 0.3 is 6.09 Å². The van der Waals surface area contributed by atoms with Crippen LogP contribution in [0.4, 0.5) is 23.8 Å². The minimum Gasteiger partial charge on any atom is -0.493 e. The largest absolute Gasteiger partial charge is 0.493 e. The number of fused-ring (bicyclic) bond motifs is 3. The first-order chi connectivity index (χ1) is 17.3. The Morgan fingerprint density at radius 1 is 1.14 bits per heavy atom. The molecule has 0 fully saturated rings.